The molecular weight excluding hydrogens is 222 g/mol. The van der Waals surface area contributed by atoms with Gasteiger partial charge in [-0.05, 0) is 51.7 Å². The fraction of sp³-hybridized carbons (Fsp3) is 0.933. The van der Waals surface area contributed by atoms with Crippen molar-refractivity contribution in [2.45, 2.75) is 58.4 Å². The number of likely N-dealkylation sites (tertiary alicyclic amines) is 1. The molecule has 1 aliphatic rings. The molecule has 0 radical (unpaired) electrons. The number of piperidine rings is 1. The van der Waals surface area contributed by atoms with Crippen molar-refractivity contribution in [3.8, 4) is 6.07 Å². The van der Waals surface area contributed by atoms with E-state index in [1.54, 1.807) is 0 Å². The smallest absolute Gasteiger partial charge is 0.105 e. The van der Waals surface area contributed by atoms with Gasteiger partial charge in [-0.25, -0.2) is 0 Å². The molecule has 0 aliphatic carbocycles. The van der Waals surface area contributed by atoms with E-state index in [-0.39, 0.29) is 5.54 Å². The number of rotatable bonds is 7. The Morgan fingerprint density at radius 3 is 2.50 bits per heavy atom. The second kappa shape index (κ2) is 7.76. The van der Waals surface area contributed by atoms with Gasteiger partial charge in [0.05, 0.1) is 6.07 Å². The van der Waals surface area contributed by atoms with Crippen LogP contribution in [0.3, 0.4) is 0 Å². The zero-order valence-corrected chi connectivity index (χ0v) is 12.3. The number of nitriles is 1. The Bertz CT molecular complexity index is 263. The summed E-state index contributed by atoms with van der Waals surface area (Å²) in [5, 5.41) is 12.5. The van der Waals surface area contributed by atoms with E-state index in [2.05, 4.69) is 30.1 Å². The maximum atomic E-state index is 9.23. The molecule has 1 rings (SSSR count). The fourth-order valence-corrected chi connectivity index (χ4v) is 2.86. The highest BCUT2D eigenvalue weighted by atomic mass is 15.1. The third-order valence-electron chi connectivity index (χ3n) is 4.15. The van der Waals surface area contributed by atoms with E-state index in [9.17, 15) is 5.26 Å². The molecule has 1 heterocycles. The highest BCUT2D eigenvalue weighted by Gasteiger charge is 2.25. The molecule has 0 bridgehead atoms. The van der Waals surface area contributed by atoms with Crippen molar-refractivity contribution < 1.29 is 0 Å². The monoisotopic (exact) mass is 251 g/mol. The van der Waals surface area contributed by atoms with Crippen molar-refractivity contribution in [3.05, 3.63) is 0 Å². The van der Waals surface area contributed by atoms with Crippen LogP contribution in [-0.2, 0) is 0 Å². The van der Waals surface area contributed by atoms with Crippen LogP contribution in [0.5, 0.6) is 0 Å². The highest BCUT2D eigenvalue weighted by molar-refractivity contribution is 5.03. The first-order valence-electron chi connectivity index (χ1n) is 7.52. The van der Waals surface area contributed by atoms with Crippen LogP contribution >= 0.6 is 0 Å². The van der Waals surface area contributed by atoms with E-state index in [1.807, 2.05) is 6.92 Å². The molecular formula is C15H29N3. The van der Waals surface area contributed by atoms with Gasteiger partial charge < -0.3 is 4.90 Å². The largest absolute Gasteiger partial charge is 0.303 e. The summed E-state index contributed by atoms with van der Waals surface area (Å²) < 4.78 is 0. The Balaban J connectivity index is 2.27. The number of nitrogens with one attached hydrogen (secondary N) is 1. The van der Waals surface area contributed by atoms with Crippen LogP contribution in [-0.4, -0.2) is 36.6 Å². The molecule has 0 saturated carbocycles. The van der Waals surface area contributed by atoms with Crippen LogP contribution in [0.2, 0.25) is 0 Å². The van der Waals surface area contributed by atoms with Crippen molar-refractivity contribution in [1.82, 2.24) is 10.2 Å². The van der Waals surface area contributed by atoms with Crippen molar-refractivity contribution in [1.29, 1.82) is 5.26 Å². The van der Waals surface area contributed by atoms with Crippen molar-refractivity contribution in [3.63, 3.8) is 0 Å². The van der Waals surface area contributed by atoms with Crippen LogP contribution in [0, 0.1) is 17.2 Å². The molecule has 18 heavy (non-hydrogen) atoms. The lowest BCUT2D eigenvalue weighted by atomic mass is 9.91. The van der Waals surface area contributed by atoms with Gasteiger partial charge in [0.25, 0.3) is 0 Å². The van der Waals surface area contributed by atoms with Gasteiger partial charge in [0.15, 0.2) is 0 Å². The Kier molecular flexibility index (Phi) is 6.67. The van der Waals surface area contributed by atoms with E-state index >= 15 is 0 Å². The van der Waals surface area contributed by atoms with Gasteiger partial charge in [0.1, 0.15) is 5.54 Å². The number of nitrogens with zero attached hydrogens (tertiary/aromatic N) is 2. The van der Waals surface area contributed by atoms with E-state index in [0.717, 1.165) is 25.4 Å². The average Bonchev–Trinajstić information content (AvgIpc) is 2.39. The molecule has 0 aromatic rings. The van der Waals surface area contributed by atoms with Gasteiger partial charge in [0, 0.05) is 6.54 Å². The van der Waals surface area contributed by atoms with Crippen LogP contribution < -0.4 is 5.32 Å². The first-order chi connectivity index (χ1) is 8.63. The summed E-state index contributed by atoms with van der Waals surface area (Å²) in [6.45, 7) is 10.7. The van der Waals surface area contributed by atoms with E-state index < -0.39 is 0 Å². The average molecular weight is 251 g/mol. The van der Waals surface area contributed by atoms with E-state index in [0.29, 0.717) is 0 Å². The van der Waals surface area contributed by atoms with E-state index in [4.69, 9.17) is 0 Å². The zero-order chi connectivity index (χ0) is 13.4. The predicted octanol–water partition coefficient (Wildman–Crippen LogP) is 2.78. The third kappa shape index (κ3) is 4.96. The normalized spacial score (nSPS) is 21.4. The summed E-state index contributed by atoms with van der Waals surface area (Å²) in [6.07, 6.45) is 6.32. The topological polar surface area (TPSA) is 39.1 Å². The molecule has 1 saturated heterocycles. The van der Waals surface area contributed by atoms with Gasteiger partial charge in [-0.2, -0.15) is 5.26 Å². The molecule has 1 unspecified atom stereocenters. The zero-order valence-electron chi connectivity index (χ0n) is 12.3. The Labute approximate surface area is 113 Å². The minimum absolute atomic E-state index is 0.352. The quantitative estimate of drug-likeness (QED) is 0.756. The van der Waals surface area contributed by atoms with E-state index in [1.165, 1.54) is 38.8 Å². The minimum atomic E-state index is -0.352. The fourth-order valence-electron chi connectivity index (χ4n) is 2.86. The molecule has 3 heteroatoms. The second-order valence-corrected chi connectivity index (χ2v) is 5.80. The van der Waals surface area contributed by atoms with Crippen LogP contribution in [0.4, 0.5) is 0 Å². The molecule has 1 N–H and O–H groups in total. The van der Waals surface area contributed by atoms with Gasteiger partial charge >= 0.3 is 0 Å². The van der Waals surface area contributed by atoms with Crippen molar-refractivity contribution in [2.75, 3.05) is 26.2 Å². The number of hydrogen-bond donors (Lipinski definition) is 1. The molecule has 3 nitrogen and oxygen atoms in total. The molecule has 1 atom stereocenters. The Morgan fingerprint density at radius 2 is 2.00 bits per heavy atom. The summed E-state index contributed by atoms with van der Waals surface area (Å²) in [6, 6.07) is 2.41. The summed E-state index contributed by atoms with van der Waals surface area (Å²) in [5.74, 6) is 0.947. The molecule has 0 aromatic heterocycles. The lowest BCUT2D eigenvalue weighted by Crippen LogP contribution is -2.45. The van der Waals surface area contributed by atoms with Gasteiger partial charge in [-0.3, -0.25) is 5.32 Å². The van der Waals surface area contributed by atoms with Crippen molar-refractivity contribution in [2.24, 2.45) is 5.92 Å². The van der Waals surface area contributed by atoms with Crippen LogP contribution in [0.1, 0.15) is 52.9 Å². The maximum Gasteiger partial charge on any atom is 0.105 e. The summed E-state index contributed by atoms with van der Waals surface area (Å²) in [4.78, 5) is 2.53. The summed E-state index contributed by atoms with van der Waals surface area (Å²) >= 11 is 0. The maximum absolute atomic E-state index is 9.23. The molecule has 0 aromatic carbocycles. The predicted molar refractivity (Wildman–Crippen MR) is 76.4 cm³/mol. The molecule has 1 aliphatic heterocycles. The third-order valence-corrected chi connectivity index (χ3v) is 4.15. The second-order valence-electron chi connectivity index (χ2n) is 5.80. The highest BCUT2D eigenvalue weighted by Crippen LogP contribution is 2.22. The first kappa shape index (κ1) is 15.5. The molecule has 0 spiro atoms. The Hall–Kier alpha value is -0.590. The molecule has 0 amide bonds. The standard InChI is InChI=1S/C15H29N3/c1-4-6-14-7-10-18(11-8-14)12-9-15(3,13-16)17-5-2/h14,17H,4-12H2,1-3H3. The van der Waals surface area contributed by atoms with Crippen LogP contribution in [0.25, 0.3) is 0 Å². The first-order valence-corrected chi connectivity index (χ1v) is 7.52. The lowest BCUT2D eigenvalue weighted by Gasteiger charge is -2.33. The summed E-state index contributed by atoms with van der Waals surface area (Å²) in [5.41, 5.74) is -0.352. The summed E-state index contributed by atoms with van der Waals surface area (Å²) in [7, 11) is 0. The van der Waals surface area contributed by atoms with Crippen LogP contribution in [0.15, 0.2) is 0 Å². The molecule has 104 valence electrons. The lowest BCUT2D eigenvalue weighted by molar-refractivity contribution is 0.167. The number of hydrogen-bond acceptors (Lipinski definition) is 3. The Morgan fingerprint density at radius 1 is 1.33 bits per heavy atom. The minimum Gasteiger partial charge on any atom is -0.303 e. The molecule has 1 fully saturated rings. The SMILES string of the molecule is CCCC1CCN(CCC(C)(C#N)NCC)CC1. The van der Waals surface area contributed by atoms with Gasteiger partial charge in [0.2, 0.25) is 0 Å². The van der Waals surface area contributed by atoms with Crippen molar-refractivity contribution >= 4 is 0 Å². The van der Waals surface area contributed by atoms with Gasteiger partial charge in [-0.15, -0.1) is 0 Å². The van der Waals surface area contributed by atoms with Gasteiger partial charge in [-0.1, -0.05) is 26.7 Å².